The van der Waals surface area contributed by atoms with Gasteiger partial charge in [0.1, 0.15) is 5.82 Å². The van der Waals surface area contributed by atoms with Crippen molar-refractivity contribution >= 4 is 28.3 Å². The van der Waals surface area contributed by atoms with E-state index in [-0.39, 0.29) is 11.6 Å². The maximum atomic E-state index is 12.8. The molecule has 3 aliphatic heterocycles. The van der Waals surface area contributed by atoms with Gasteiger partial charge in [0.15, 0.2) is 10.9 Å². The summed E-state index contributed by atoms with van der Waals surface area (Å²) in [5.74, 6) is 1.31. The lowest BCUT2D eigenvalue weighted by atomic mass is 9.89. The number of aromatic nitrogens is 2. The number of carbonyl (C=O) groups excluding carboxylic acids is 1. The lowest BCUT2D eigenvalue weighted by molar-refractivity contribution is -0.0353. The number of nitrogens with zero attached hydrogens (tertiary/aromatic N) is 4. The minimum atomic E-state index is -0.136. The molecule has 0 unspecified atom stereocenters. The Bertz CT molecular complexity index is 781. The number of hydrogen-bond acceptors (Lipinski definition) is 8. The van der Waals surface area contributed by atoms with E-state index in [0.717, 1.165) is 51.2 Å². The fourth-order valence-corrected chi connectivity index (χ4v) is 4.69. The number of amides is 2. The van der Waals surface area contributed by atoms with E-state index >= 15 is 0 Å². The first-order valence-electron chi connectivity index (χ1n) is 10.4. The average Bonchev–Trinajstić information content (AvgIpc) is 3.26. The van der Waals surface area contributed by atoms with Crippen LogP contribution in [0.4, 0.5) is 15.7 Å². The van der Waals surface area contributed by atoms with Crippen LogP contribution in [-0.4, -0.2) is 79.6 Å². The van der Waals surface area contributed by atoms with Gasteiger partial charge in [0.2, 0.25) is 0 Å². The molecule has 4 rings (SSSR count). The second-order valence-electron chi connectivity index (χ2n) is 7.67. The molecule has 0 bridgehead atoms. The quantitative estimate of drug-likeness (QED) is 0.781. The predicted molar refractivity (Wildman–Crippen MR) is 115 cm³/mol. The summed E-state index contributed by atoms with van der Waals surface area (Å²) in [5.41, 5.74) is -0.00948. The van der Waals surface area contributed by atoms with Crippen LogP contribution in [0.2, 0.25) is 0 Å². The Balaban J connectivity index is 1.48. The van der Waals surface area contributed by atoms with E-state index in [1.165, 1.54) is 11.3 Å². The highest BCUT2D eigenvalue weighted by molar-refractivity contribution is 7.13. The number of ether oxygens (including phenoxy) is 3. The normalized spacial score (nSPS) is 20.7. The van der Waals surface area contributed by atoms with Gasteiger partial charge < -0.3 is 24.0 Å². The highest BCUT2D eigenvalue weighted by atomic mass is 32.1. The van der Waals surface area contributed by atoms with Gasteiger partial charge in [-0.3, -0.25) is 5.32 Å². The third kappa shape index (κ3) is 5.11. The van der Waals surface area contributed by atoms with E-state index in [9.17, 15) is 4.79 Å². The molecule has 0 saturated carbocycles. The number of methoxy groups -OCH3 is 1. The third-order valence-electron chi connectivity index (χ3n) is 5.84. The summed E-state index contributed by atoms with van der Waals surface area (Å²) in [6.45, 7) is 5.11. The number of urea groups is 1. The highest BCUT2D eigenvalue weighted by Crippen LogP contribution is 2.35. The van der Waals surface area contributed by atoms with Crippen LogP contribution in [0.3, 0.4) is 0 Å². The Morgan fingerprint density at radius 3 is 2.60 bits per heavy atom. The van der Waals surface area contributed by atoms with E-state index < -0.39 is 0 Å². The zero-order valence-electron chi connectivity index (χ0n) is 17.3. The molecule has 4 heterocycles. The van der Waals surface area contributed by atoms with Gasteiger partial charge in [-0.15, -0.1) is 11.3 Å². The van der Waals surface area contributed by atoms with Crippen LogP contribution in [0.25, 0.3) is 0 Å². The van der Waals surface area contributed by atoms with Crippen molar-refractivity contribution < 1.29 is 19.0 Å². The van der Waals surface area contributed by atoms with Gasteiger partial charge in [-0.2, -0.15) is 0 Å². The van der Waals surface area contributed by atoms with Crippen molar-refractivity contribution in [2.75, 3.05) is 63.3 Å². The lowest BCUT2D eigenvalue weighted by Gasteiger charge is -2.38. The van der Waals surface area contributed by atoms with Gasteiger partial charge in [0.25, 0.3) is 0 Å². The fraction of sp³-hybridized carbons (Fsp3) is 0.650. The molecule has 2 amide bonds. The average molecular weight is 436 g/mol. The molecule has 30 heavy (non-hydrogen) atoms. The molecule has 9 nitrogen and oxygen atoms in total. The number of anilines is 2. The van der Waals surface area contributed by atoms with Crippen LogP contribution in [-0.2, 0) is 9.47 Å². The zero-order valence-corrected chi connectivity index (χ0v) is 18.2. The molecule has 0 atom stereocenters. The Kier molecular flexibility index (Phi) is 6.86. The van der Waals surface area contributed by atoms with Crippen molar-refractivity contribution in [2.45, 2.75) is 31.3 Å². The molecule has 0 aromatic carbocycles. The van der Waals surface area contributed by atoms with Gasteiger partial charge in [0, 0.05) is 38.2 Å². The van der Waals surface area contributed by atoms with Crippen LogP contribution in [0.5, 0.6) is 5.75 Å². The molecule has 0 aliphatic carbocycles. The van der Waals surface area contributed by atoms with Crippen molar-refractivity contribution in [2.24, 2.45) is 0 Å². The van der Waals surface area contributed by atoms with Gasteiger partial charge in [0.05, 0.1) is 38.3 Å². The molecule has 1 aromatic rings. The summed E-state index contributed by atoms with van der Waals surface area (Å²) >= 11 is 1.34. The van der Waals surface area contributed by atoms with E-state index in [0.29, 0.717) is 37.2 Å². The first-order chi connectivity index (χ1) is 14.7. The van der Waals surface area contributed by atoms with Crippen molar-refractivity contribution in [1.29, 1.82) is 0 Å². The third-order valence-corrected chi connectivity index (χ3v) is 6.60. The van der Waals surface area contributed by atoms with E-state index in [4.69, 9.17) is 14.2 Å². The number of hydrogen-bond donors (Lipinski definition) is 1. The molecular formula is C20H29N5O4S. The molecule has 1 aromatic heterocycles. The zero-order chi connectivity index (χ0) is 20.8. The van der Waals surface area contributed by atoms with Crippen LogP contribution >= 0.6 is 11.3 Å². The van der Waals surface area contributed by atoms with E-state index in [1.54, 1.807) is 19.5 Å². The van der Waals surface area contributed by atoms with Crippen molar-refractivity contribution in [3.05, 3.63) is 17.8 Å². The first-order valence-corrected chi connectivity index (χ1v) is 11.3. The molecular weight excluding hydrogens is 406 g/mol. The molecule has 3 saturated heterocycles. The van der Waals surface area contributed by atoms with Crippen molar-refractivity contribution in [3.8, 4) is 5.75 Å². The first kappa shape index (κ1) is 21.1. The van der Waals surface area contributed by atoms with Crippen LogP contribution in [0, 0.1) is 0 Å². The Hall–Kier alpha value is -2.17. The molecule has 3 aliphatic rings. The number of morpholine rings is 1. The summed E-state index contributed by atoms with van der Waals surface area (Å²) in [7, 11) is 1.57. The maximum absolute atomic E-state index is 12.8. The van der Waals surface area contributed by atoms with E-state index in [2.05, 4.69) is 20.2 Å². The molecule has 3 fully saturated rings. The standard InChI is InChI=1S/C20H29N5O4S/c1-27-16-13-21-17(24-8-11-28-12-9-24)15-30-18(22-14-16)23-19(26)25-6-4-20(5-7-25)3-2-10-29-20/h13-15H,2-12H2,1H3,(H,22,23,26). The topological polar surface area (TPSA) is 89.1 Å². The molecule has 1 N–H and O–H groups in total. The summed E-state index contributed by atoms with van der Waals surface area (Å²) < 4.78 is 16.7. The SMILES string of the molecule is COc1cnc(N2CCOCC2)csc(NC(=O)N2CCC3(CCCO3)CC2)nc1. The van der Waals surface area contributed by atoms with Crippen molar-refractivity contribution in [1.82, 2.24) is 14.9 Å². The number of nitrogens with one attached hydrogen (secondary N) is 1. The van der Waals surface area contributed by atoms with Gasteiger partial charge in [-0.1, -0.05) is 0 Å². The van der Waals surface area contributed by atoms with Gasteiger partial charge >= 0.3 is 6.03 Å². The Morgan fingerprint density at radius 2 is 1.90 bits per heavy atom. The lowest BCUT2D eigenvalue weighted by Crippen LogP contribution is -2.47. The van der Waals surface area contributed by atoms with Crippen LogP contribution < -0.4 is 15.0 Å². The second kappa shape index (κ2) is 9.76. The fourth-order valence-electron chi connectivity index (χ4n) is 4.01. The molecule has 10 heteroatoms. The van der Waals surface area contributed by atoms with Crippen molar-refractivity contribution in [3.63, 3.8) is 0 Å². The number of piperidine rings is 1. The maximum Gasteiger partial charge on any atom is 0.323 e. The Labute approximate surface area is 180 Å². The van der Waals surface area contributed by atoms with Crippen LogP contribution in [0.15, 0.2) is 17.8 Å². The molecule has 1 spiro atoms. The summed E-state index contributed by atoms with van der Waals surface area (Å²) in [6.07, 6.45) is 7.21. The highest BCUT2D eigenvalue weighted by Gasteiger charge is 2.39. The largest absolute Gasteiger partial charge is 0.494 e. The van der Waals surface area contributed by atoms with E-state index in [1.807, 2.05) is 10.3 Å². The number of rotatable bonds is 3. The van der Waals surface area contributed by atoms with Gasteiger partial charge in [-0.25, -0.2) is 14.8 Å². The second-order valence-corrected chi connectivity index (χ2v) is 8.53. The molecule has 0 radical (unpaired) electrons. The monoisotopic (exact) mass is 435 g/mol. The van der Waals surface area contributed by atoms with Crippen LogP contribution in [0.1, 0.15) is 25.7 Å². The Morgan fingerprint density at radius 1 is 1.13 bits per heavy atom. The smallest absolute Gasteiger partial charge is 0.323 e. The minimum Gasteiger partial charge on any atom is -0.494 e. The molecule has 164 valence electrons. The number of likely N-dealkylation sites (tertiary alicyclic amines) is 1. The summed E-state index contributed by atoms with van der Waals surface area (Å²) in [4.78, 5) is 25.8. The van der Waals surface area contributed by atoms with Gasteiger partial charge in [-0.05, 0) is 25.7 Å². The minimum absolute atomic E-state index is 0.00948. The summed E-state index contributed by atoms with van der Waals surface area (Å²) in [5, 5.41) is 5.34. The predicted octanol–water partition coefficient (Wildman–Crippen LogP) is 2.68. The summed E-state index contributed by atoms with van der Waals surface area (Å²) in [6, 6.07) is -0.136. The number of carbonyl (C=O) groups is 1.